The van der Waals surface area contributed by atoms with E-state index in [1.165, 1.54) is 26.4 Å². The first-order valence-corrected chi connectivity index (χ1v) is 5.08. The average Bonchev–Trinajstić information content (AvgIpc) is 2.81. The van der Waals surface area contributed by atoms with Crippen LogP contribution in [0.2, 0.25) is 0 Å². The van der Waals surface area contributed by atoms with Crippen LogP contribution in [0.1, 0.15) is 20.8 Å². The number of aromatic amines is 1. The Kier molecular flexibility index (Phi) is 2.93. The van der Waals surface area contributed by atoms with Crippen LogP contribution in [0.3, 0.4) is 0 Å². The topological polar surface area (TPSA) is 88.6 Å². The van der Waals surface area contributed by atoms with Gasteiger partial charge in [0.05, 0.1) is 25.3 Å². The van der Waals surface area contributed by atoms with Crippen LogP contribution in [0.25, 0.3) is 10.9 Å². The summed E-state index contributed by atoms with van der Waals surface area (Å²) < 4.78 is 10.2. The lowest BCUT2D eigenvalue weighted by Crippen LogP contribution is -1.95. The average molecular weight is 249 g/mol. The molecule has 18 heavy (non-hydrogen) atoms. The van der Waals surface area contributed by atoms with Crippen molar-refractivity contribution in [3.05, 3.63) is 23.4 Å². The number of aldehydes is 1. The van der Waals surface area contributed by atoms with E-state index in [1.807, 2.05) is 0 Å². The molecule has 0 bridgehead atoms. The maximum absolute atomic E-state index is 11.1. The molecule has 0 saturated carbocycles. The highest BCUT2D eigenvalue weighted by Crippen LogP contribution is 2.35. The van der Waals surface area contributed by atoms with Crippen molar-refractivity contribution in [1.29, 1.82) is 0 Å². The number of ether oxygens (including phenoxy) is 2. The first kappa shape index (κ1) is 12.0. The Morgan fingerprint density at radius 2 is 1.94 bits per heavy atom. The SMILES string of the molecule is COc1cc(OC)c2[nH]c(C(=O)O)cc2c1C=O. The number of aromatic nitrogens is 1. The molecule has 1 aromatic heterocycles. The third-order valence-corrected chi connectivity index (χ3v) is 2.67. The van der Waals surface area contributed by atoms with Crippen molar-refractivity contribution in [2.45, 2.75) is 0 Å². The summed E-state index contributed by atoms with van der Waals surface area (Å²) in [4.78, 5) is 24.7. The number of methoxy groups -OCH3 is 2. The van der Waals surface area contributed by atoms with Crippen molar-refractivity contribution in [3.63, 3.8) is 0 Å². The van der Waals surface area contributed by atoms with E-state index >= 15 is 0 Å². The van der Waals surface area contributed by atoms with Gasteiger partial charge in [0.1, 0.15) is 17.2 Å². The van der Waals surface area contributed by atoms with E-state index in [2.05, 4.69) is 4.98 Å². The highest BCUT2D eigenvalue weighted by Gasteiger charge is 2.17. The molecule has 0 aliphatic rings. The van der Waals surface area contributed by atoms with E-state index in [4.69, 9.17) is 14.6 Å². The van der Waals surface area contributed by atoms with Gasteiger partial charge >= 0.3 is 5.97 Å². The van der Waals surface area contributed by atoms with Gasteiger partial charge in [0.25, 0.3) is 0 Å². The highest BCUT2D eigenvalue weighted by molar-refractivity contribution is 6.05. The van der Waals surface area contributed by atoms with Gasteiger partial charge in [-0.3, -0.25) is 4.79 Å². The fraction of sp³-hybridized carbons (Fsp3) is 0.167. The van der Waals surface area contributed by atoms with E-state index in [0.29, 0.717) is 28.7 Å². The van der Waals surface area contributed by atoms with Crippen LogP contribution >= 0.6 is 0 Å². The molecule has 6 heteroatoms. The van der Waals surface area contributed by atoms with Crippen molar-refractivity contribution in [2.75, 3.05) is 14.2 Å². The number of hydrogen-bond donors (Lipinski definition) is 2. The molecule has 0 fully saturated rings. The molecule has 0 spiro atoms. The fourth-order valence-electron chi connectivity index (χ4n) is 1.83. The van der Waals surface area contributed by atoms with Crippen LogP contribution in [0.5, 0.6) is 11.5 Å². The van der Waals surface area contributed by atoms with Gasteiger partial charge in [0, 0.05) is 11.5 Å². The number of hydrogen-bond acceptors (Lipinski definition) is 4. The van der Waals surface area contributed by atoms with E-state index < -0.39 is 5.97 Å². The van der Waals surface area contributed by atoms with E-state index in [9.17, 15) is 9.59 Å². The zero-order chi connectivity index (χ0) is 13.3. The van der Waals surface area contributed by atoms with Crippen LogP contribution in [0, 0.1) is 0 Å². The number of rotatable bonds is 4. The molecule has 2 N–H and O–H groups in total. The molecular formula is C12H11NO5. The molecule has 0 radical (unpaired) electrons. The van der Waals surface area contributed by atoms with E-state index in [0.717, 1.165) is 0 Å². The Bertz CT molecular complexity index is 629. The van der Waals surface area contributed by atoms with Crippen LogP contribution in [-0.2, 0) is 0 Å². The van der Waals surface area contributed by atoms with Gasteiger partial charge in [-0.05, 0) is 6.07 Å². The van der Waals surface area contributed by atoms with Gasteiger partial charge in [-0.1, -0.05) is 0 Å². The Balaban J connectivity index is 2.86. The second-order valence-electron chi connectivity index (χ2n) is 3.59. The highest BCUT2D eigenvalue weighted by atomic mass is 16.5. The zero-order valence-electron chi connectivity index (χ0n) is 9.81. The number of nitrogens with one attached hydrogen (secondary N) is 1. The molecule has 2 rings (SSSR count). The molecule has 1 heterocycles. The lowest BCUT2D eigenvalue weighted by molar-refractivity contribution is 0.0691. The normalized spacial score (nSPS) is 10.3. The summed E-state index contributed by atoms with van der Waals surface area (Å²) in [5.74, 6) is -0.352. The molecule has 0 aliphatic heterocycles. The Morgan fingerprint density at radius 3 is 2.44 bits per heavy atom. The molecule has 6 nitrogen and oxygen atoms in total. The van der Waals surface area contributed by atoms with Crippen molar-refractivity contribution in [3.8, 4) is 11.5 Å². The Labute approximate surface area is 102 Å². The quantitative estimate of drug-likeness (QED) is 0.805. The Morgan fingerprint density at radius 1 is 1.28 bits per heavy atom. The smallest absolute Gasteiger partial charge is 0.352 e. The number of fused-ring (bicyclic) bond motifs is 1. The van der Waals surface area contributed by atoms with Crippen LogP contribution in [0.15, 0.2) is 12.1 Å². The minimum atomic E-state index is -1.11. The lowest BCUT2D eigenvalue weighted by Gasteiger charge is -2.08. The molecule has 0 atom stereocenters. The summed E-state index contributed by atoms with van der Waals surface area (Å²) in [6, 6.07) is 2.92. The summed E-state index contributed by atoms with van der Waals surface area (Å²) in [5, 5.41) is 9.40. The molecule has 0 aliphatic carbocycles. The summed E-state index contributed by atoms with van der Waals surface area (Å²) in [7, 11) is 2.88. The number of benzene rings is 1. The number of carboxylic acid groups (broad SMARTS) is 1. The van der Waals surface area contributed by atoms with Gasteiger partial charge in [0.15, 0.2) is 6.29 Å². The fourth-order valence-corrected chi connectivity index (χ4v) is 1.83. The summed E-state index contributed by atoms with van der Waals surface area (Å²) in [5.41, 5.74) is 0.731. The first-order valence-electron chi connectivity index (χ1n) is 5.08. The molecule has 1 aromatic carbocycles. The summed E-state index contributed by atoms with van der Waals surface area (Å²) in [6.07, 6.45) is 0.625. The predicted molar refractivity (Wildman–Crippen MR) is 63.7 cm³/mol. The second kappa shape index (κ2) is 4.40. The molecule has 0 saturated heterocycles. The summed E-state index contributed by atoms with van der Waals surface area (Å²) in [6.45, 7) is 0. The van der Waals surface area contributed by atoms with Gasteiger partial charge in [-0.25, -0.2) is 4.79 Å². The van der Waals surface area contributed by atoms with Crippen molar-refractivity contribution in [2.24, 2.45) is 0 Å². The second-order valence-corrected chi connectivity index (χ2v) is 3.59. The third kappa shape index (κ3) is 1.67. The Hall–Kier alpha value is -2.50. The number of carboxylic acids is 1. The standard InChI is InChI=1S/C12H11NO5/c1-17-9-4-10(18-2)11-6(7(9)5-14)3-8(13-11)12(15)16/h3-5,13H,1-2H3,(H,15,16). The van der Waals surface area contributed by atoms with Crippen molar-refractivity contribution in [1.82, 2.24) is 4.98 Å². The van der Waals surface area contributed by atoms with Gasteiger partial charge in [-0.2, -0.15) is 0 Å². The number of aromatic carboxylic acids is 1. The number of H-pyrrole nitrogens is 1. The van der Waals surface area contributed by atoms with E-state index in [1.54, 1.807) is 0 Å². The number of carbonyl (C=O) groups excluding carboxylic acids is 1. The van der Waals surface area contributed by atoms with E-state index in [-0.39, 0.29) is 11.3 Å². The van der Waals surface area contributed by atoms with Crippen LogP contribution in [0.4, 0.5) is 0 Å². The molecular weight excluding hydrogens is 238 g/mol. The van der Waals surface area contributed by atoms with Gasteiger partial charge in [0.2, 0.25) is 0 Å². The molecule has 2 aromatic rings. The zero-order valence-corrected chi connectivity index (χ0v) is 9.81. The van der Waals surface area contributed by atoms with Crippen LogP contribution < -0.4 is 9.47 Å². The molecule has 0 unspecified atom stereocenters. The minimum absolute atomic E-state index is 0.0142. The predicted octanol–water partition coefficient (Wildman–Crippen LogP) is 1.70. The molecule has 0 amide bonds. The molecule has 94 valence electrons. The maximum atomic E-state index is 11.1. The summed E-state index contributed by atoms with van der Waals surface area (Å²) >= 11 is 0. The number of carbonyl (C=O) groups is 2. The minimum Gasteiger partial charge on any atom is -0.496 e. The third-order valence-electron chi connectivity index (χ3n) is 2.67. The van der Waals surface area contributed by atoms with Crippen LogP contribution in [-0.4, -0.2) is 36.6 Å². The first-order chi connectivity index (χ1) is 8.62. The lowest BCUT2D eigenvalue weighted by atomic mass is 10.1. The largest absolute Gasteiger partial charge is 0.496 e. The van der Waals surface area contributed by atoms with Crippen molar-refractivity contribution >= 4 is 23.2 Å². The van der Waals surface area contributed by atoms with Gasteiger partial charge < -0.3 is 19.6 Å². The maximum Gasteiger partial charge on any atom is 0.352 e. The van der Waals surface area contributed by atoms with Crippen molar-refractivity contribution < 1.29 is 24.2 Å². The monoisotopic (exact) mass is 249 g/mol. The van der Waals surface area contributed by atoms with Gasteiger partial charge in [-0.15, -0.1) is 0 Å².